The molecular weight excluding hydrogens is 148 g/mol. The van der Waals surface area contributed by atoms with Gasteiger partial charge in [-0.05, 0) is 19.8 Å². The smallest absolute Gasteiger partial charge is 0.0592 e. The van der Waals surface area contributed by atoms with Gasteiger partial charge in [0.05, 0.1) is 6.10 Å². The first-order valence-electron chi connectivity index (χ1n) is 3.79. The van der Waals surface area contributed by atoms with E-state index in [1.165, 1.54) is 0 Å². The summed E-state index contributed by atoms with van der Waals surface area (Å²) in [5.74, 6) is 1.68. The summed E-state index contributed by atoms with van der Waals surface area (Å²) in [6, 6.07) is 0. The normalized spacial score (nSPS) is 34.1. The van der Waals surface area contributed by atoms with Crippen LogP contribution in [0.15, 0.2) is 0 Å². The van der Waals surface area contributed by atoms with Crippen molar-refractivity contribution in [2.75, 3.05) is 18.1 Å². The number of hydrogen-bond acceptors (Lipinski definition) is 2. The van der Waals surface area contributed by atoms with Crippen LogP contribution >= 0.6 is 0 Å². The highest BCUT2D eigenvalue weighted by Gasteiger charge is 2.16. The Hall–Kier alpha value is 0.110. The lowest BCUT2D eigenvalue weighted by Crippen LogP contribution is -2.25. The molecule has 0 radical (unpaired) electrons. The van der Waals surface area contributed by atoms with Gasteiger partial charge in [-0.1, -0.05) is 0 Å². The highest BCUT2D eigenvalue weighted by atomic mass is 32.2. The molecule has 0 amide bonds. The lowest BCUT2D eigenvalue weighted by atomic mass is 10.2. The van der Waals surface area contributed by atoms with Gasteiger partial charge in [-0.3, -0.25) is 4.21 Å². The van der Waals surface area contributed by atoms with E-state index in [1.54, 1.807) is 0 Å². The predicted molar refractivity (Wildman–Crippen MR) is 42.5 cm³/mol. The molecule has 1 aliphatic rings. The summed E-state index contributed by atoms with van der Waals surface area (Å²) in [6.07, 6.45) is 2.36. The van der Waals surface area contributed by atoms with Crippen LogP contribution in [0.4, 0.5) is 0 Å². The van der Waals surface area contributed by atoms with E-state index < -0.39 is 10.8 Å². The summed E-state index contributed by atoms with van der Waals surface area (Å²) in [6.45, 7) is 2.79. The zero-order chi connectivity index (χ0) is 7.40. The SMILES string of the molecule is CCOC1CCS(=O)CC1. The van der Waals surface area contributed by atoms with Crippen LogP contribution in [-0.2, 0) is 15.5 Å². The third-order valence-electron chi connectivity index (χ3n) is 1.74. The van der Waals surface area contributed by atoms with Crippen molar-refractivity contribution in [3.8, 4) is 0 Å². The van der Waals surface area contributed by atoms with Gasteiger partial charge in [-0.25, -0.2) is 0 Å². The van der Waals surface area contributed by atoms with E-state index in [2.05, 4.69) is 0 Å². The second-order valence-corrected chi connectivity index (χ2v) is 4.20. The monoisotopic (exact) mass is 162 g/mol. The van der Waals surface area contributed by atoms with Gasteiger partial charge in [0.1, 0.15) is 0 Å². The van der Waals surface area contributed by atoms with Crippen LogP contribution in [0.1, 0.15) is 19.8 Å². The first-order valence-corrected chi connectivity index (χ1v) is 5.28. The maximum absolute atomic E-state index is 10.9. The highest BCUT2D eigenvalue weighted by molar-refractivity contribution is 7.85. The molecule has 60 valence electrons. The van der Waals surface area contributed by atoms with Crippen LogP contribution < -0.4 is 0 Å². The van der Waals surface area contributed by atoms with E-state index >= 15 is 0 Å². The zero-order valence-electron chi connectivity index (χ0n) is 6.34. The first kappa shape index (κ1) is 8.21. The average molecular weight is 162 g/mol. The molecule has 0 N–H and O–H groups in total. The second kappa shape index (κ2) is 4.09. The Balaban J connectivity index is 2.19. The molecule has 0 unspecified atom stereocenters. The third-order valence-corrected chi connectivity index (χ3v) is 3.12. The van der Waals surface area contributed by atoms with Gasteiger partial charge >= 0.3 is 0 Å². The lowest BCUT2D eigenvalue weighted by molar-refractivity contribution is 0.0569. The van der Waals surface area contributed by atoms with E-state index in [0.717, 1.165) is 31.0 Å². The molecule has 10 heavy (non-hydrogen) atoms. The Labute approximate surface area is 64.4 Å². The Kier molecular flexibility index (Phi) is 3.35. The van der Waals surface area contributed by atoms with Crippen molar-refractivity contribution in [1.29, 1.82) is 0 Å². The number of hydrogen-bond donors (Lipinski definition) is 0. The molecule has 0 aliphatic carbocycles. The van der Waals surface area contributed by atoms with E-state index in [1.807, 2.05) is 6.92 Å². The van der Waals surface area contributed by atoms with Crippen LogP contribution in [0, 0.1) is 0 Å². The average Bonchev–Trinajstić information content (AvgIpc) is 1.95. The molecule has 0 aromatic heterocycles. The van der Waals surface area contributed by atoms with Gasteiger partial charge in [0.25, 0.3) is 0 Å². The van der Waals surface area contributed by atoms with Crippen LogP contribution in [0.2, 0.25) is 0 Å². The minimum absolute atomic E-state index is 0.391. The van der Waals surface area contributed by atoms with Crippen molar-refractivity contribution < 1.29 is 8.95 Å². The molecule has 3 heteroatoms. The van der Waals surface area contributed by atoms with Crippen molar-refractivity contribution in [2.24, 2.45) is 0 Å². The number of rotatable bonds is 2. The second-order valence-electron chi connectivity index (χ2n) is 2.50. The van der Waals surface area contributed by atoms with Crippen molar-refractivity contribution in [3.63, 3.8) is 0 Å². The van der Waals surface area contributed by atoms with Crippen LogP contribution in [-0.4, -0.2) is 28.4 Å². The predicted octanol–water partition coefficient (Wildman–Crippen LogP) is 0.934. The molecular formula is C7H14O2S. The van der Waals surface area contributed by atoms with Crippen molar-refractivity contribution >= 4 is 10.8 Å². The molecule has 0 aromatic carbocycles. The van der Waals surface area contributed by atoms with Crippen molar-refractivity contribution in [2.45, 2.75) is 25.9 Å². The van der Waals surface area contributed by atoms with E-state index in [0.29, 0.717) is 6.10 Å². The lowest BCUT2D eigenvalue weighted by Gasteiger charge is -2.20. The molecule has 1 aliphatic heterocycles. The summed E-state index contributed by atoms with van der Waals surface area (Å²) in [4.78, 5) is 0. The van der Waals surface area contributed by atoms with E-state index in [4.69, 9.17) is 4.74 Å². The van der Waals surface area contributed by atoms with Gasteiger partial charge in [-0.15, -0.1) is 0 Å². The molecule has 0 aromatic rings. The van der Waals surface area contributed by atoms with Gasteiger partial charge in [0.2, 0.25) is 0 Å². The fourth-order valence-corrected chi connectivity index (χ4v) is 2.43. The van der Waals surface area contributed by atoms with Gasteiger partial charge in [-0.2, -0.15) is 0 Å². The van der Waals surface area contributed by atoms with Crippen molar-refractivity contribution in [1.82, 2.24) is 0 Å². The topological polar surface area (TPSA) is 26.3 Å². The molecule has 2 nitrogen and oxygen atoms in total. The molecule has 1 rings (SSSR count). The Bertz CT molecular complexity index is 115. The Morgan fingerprint density at radius 1 is 1.50 bits per heavy atom. The fourth-order valence-electron chi connectivity index (χ4n) is 1.17. The highest BCUT2D eigenvalue weighted by Crippen LogP contribution is 2.12. The summed E-state index contributed by atoms with van der Waals surface area (Å²) >= 11 is 0. The summed E-state index contributed by atoms with van der Waals surface area (Å²) in [5, 5.41) is 0. The molecule has 0 bridgehead atoms. The minimum atomic E-state index is -0.544. The van der Waals surface area contributed by atoms with Gasteiger partial charge in [0, 0.05) is 28.9 Å². The van der Waals surface area contributed by atoms with Gasteiger partial charge < -0.3 is 4.74 Å². The molecule has 0 saturated carbocycles. The molecule has 1 fully saturated rings. The van der Waals surface area contributed by atoms with Crippen molar-refractivity contribution in [3.05, 3.63) is 0 Å². The van der Waals surface area contributed by atoms with Gasteiger partial charge in [0.15, 0.2) is 0 Å². The molecule has 0 atom stereocenters. The standard InChI is InChI=1S/C7H14O2S/c1-2-9-7-3-5-10(8)6-4-7/h7H,2-6H2,1H3. The minimum Gasteiger partial charge on any atom is -0.378 e. The molecule has 0 spiro atoms. The Morgan fingerprint density at radius 2 is 2.10 bits per heavy atom. The third kappa shape index (κ3) is 2.39. The molecule has 1 heterocycles. The van der Waals surface area contributed by atoms with Crippen LogP contribution in [0.25, 0.3) is 0 Å². The van der Waals surface area contributed by atoms with Crippen LogP contribution in [0.3, 0.4) is 0 Å². The van der Waals surface area contributed by atoms with E-state index in [9.17, 15) is 4.21 Å². The summed E-state index contributed by atoms with van der Waals surface area (Å²) in [7, 11) is -0.544. The summed E-state index contributed by atoms with van der Waals surface area (Å²) in [5.41, 5.74) is 0. The fraction of sp³-hybridized carbons (Fsp3) is 1.00. The quantitative estimate of drug-likeness (QED) is 0.604. The number of ether oxygens (including phenoxy) is 1. The van der Waals surface area contributed by atoms with Crippen LogP contribution in [0.5, 0.6) is 0 Å². The molecule has 1 saturated heterocycles. The summed E-state index contributed by atoms with van der Waals surface area (Å²) < 4.78 is 16.3. The van der Waals surface area contributed by atoms with E-state index in [-0.39, 0.29) is 0 Å². The maximum Gasteiger partial charge on any atom is 0.0592 e. The Morgan fingerprint density at radius 3 is 2.60 bits per heavy atom. The zero-order valence-corrected chi connectivity index (χ0v) is 7.15. The largest absolute Gasteiger partial charge is 0.378 e. The maximum atomic E-state index is 10.9. The first-order chi connectivity index (χ1) is 4.83.